The van der Waals surface area contributed by atoms with Crippen molar-refractivity contribution in [1.29, 1.82) is 0 Å². The van der Waals surface area contributed by atoms with Crippen LogP contribution in [0.15, 0.2) is 0 Å². The molecule has 2 fully saturated rings. The monoisotopic (exact) mass is 145 g/mol. The van der Waals surface area contributed by atoms with Gasteiger partial charge in [0.2, 0.25) is 0 Å². The molecule has 9 heavy (non-hydrogen) atoms. The molecule has 52 valence electrons. The predicted molar refractivity (Wildman–Crippen MR) is 38.5 cm³/mol. The molecule has 2 nitrogen and oxygen atoms in total. The molecule has 0 radical (unpaired) electrons. The second-order valence-corrected chi connectivity index (χ2v) is 3.43. The molecular weight excluding hydrogens is 134 g/mol. The minimum Gasteiger partial charge on any atom is -0.377 e. The molecule has 0 atom stereocenters. The number of nitrogens with zero attached hydrogens (tertiary/aromatic N) is 1. The van der Waals surface area contributed by atoms with Gasteiger partial charge in [-0.1, -0.05) is 12.8 Å². The molecule has 2 aliphatic heterocycles. The molecule has 1 spiro atoms. The third-order valence-electron chi connectivity index (χ3n) is 2.30. The Labute approximate surface area is 60.7 Å². The van der Waals surface area contributed by atoms with Crippen LogP contribution in [0.5, 0.6) is 0 Å². The molecule has 0 unspecified atom stereocenters. The minimum absolute atomic E-state index is 0.350. The average Bonchev–Trinajstić information content (AvgIpc) is 2.07. The van der Waals surface area contributed by atoms with Gasteiger partial charge in [-0.05, 0) is 12.8 Å². The van der Waals surface area contributed by atoms with Crippen molar-refractivity contribution < 1.29 is 4.74 Å². The Morgan fingerprint density at radius 3 is 2.44 bits per heavy atom. The summed E-state index contributed by atoms with van der Waals surface area (Å²) in [6, 6.07) is 0. The third-order valence-corrected chi connectivity index (χ3v) is 2.93. The SMILES string of the molecule is SN1CCCC12COC2. The van der Waals surface area contributed by atoms with Gasteiger partial charge in [-0.15, -0.1) is 0 Å². The summed E-state index contributed by atoms with van der Waals surface area (Å²) in [4.78, 5) is 0. The van der Waals surface area contributed by atoms with E-state index < -0.39 is 0 Å². The summed E-state index contributed by atoms with van der Waals surface area (Å²) in [5.74, 6) is 0. The normalized spacial score (nSPS) is 33.0. The maximum Gasteiger partial charge on any atom is 0.0777 e. The van der Waals surface area contributed by atoms with E-state index in [2.05, 4.69) is 17.1 Å². The Morgan fingerprint density at radius 1 is 1.44 bits per heavy atom. The second kappa shape index (κ2) is 1.87. The fourth-order valence-corrected chi connectivity index (χ4v) is 1.91. The molecule has 0 aromatic heterocycles. The number of ether oxygens (including phenoxy) is 1. The fraction of sp³-hybridized carbons (Fsp3) is 1.00. The highest BCUT2D eigenvalue weighted by atomic mass is 32.1. The Morgan fingerprint density at radius 2 is 2.22 bits per heavy atom. The minimum atomic E-state index is 0.350. The zero-order valence-corrected chi connectivity index (χ0v) is 6.23. The van der Waals surface area contributed by atoms with E-state index in [1.54, 1.807) is 0 Å². The van der Waals surface area contributed by atoms with E-state index in [0.29, 0.717) is 5.54 Å². The summed E-state index contributed by atoms with van der Waals surface area (Å²) in [7, 11) is 0. The summed E-state index contributed by atoms with van der Waals surface area (Å²) >= 11 is 4.36. The smallest absolute Gasteiger partial charge is 0.0777 e. The Balaban J connectivity index is 2.09. The van der Waals surface area contributed by atoms with Gasteiger partial charge in [-0.25, -0.2) is 4.31 Å². The molecule has 2 aliphatic rings. The highest BCUT2D eigenvalue weighted by molar-refractivity contribution is 7.77. The van der Waals surface area contributed by atoms with Crippen LogP contribution in [0.1, 0.15) is 12.8 Å². The maximum absolute atomic E-state index is 5.14. The Hall–Kier alpha value is 0.270. The first-order valence-corrected chi connectivity index (χ1v) is 3.78. The molecule has 0 aromatic rings. The van der Waals surface area contributed by atoms with Crippen LogP contribution < -0.4 is 0 Å². The Bertz CT molecular complexity index is 124. The lowest BCUT2D eigenvalue weighted by atomic mass is 9.96. The van der Waals surface area contributed by atoms with Gasteiger partial charge in [0.1, 0.15) is 0 Å². The molecule has 0 bridgehead atoms. The lowest BCUT2D eigenvalue weighted by molar-refractivity contribution is -0.0927. The molecule has 3 heteroatoms. The first-order chi connectivity index (χ1) is 4.33. The van der Waals surface area contributed by atoms with Gasteiger partial charge in [0.25, 0.3) is 0 Å². The van der Waals surface area contributed by atoms with Gasteiger partial charge < -0.3 is 4.74 Å². The third kappa shape index (κ3) is 0.719. The first kappa shape index (κ1) is 6.01. The number of hydrogen-bond donors (Lipinski definition) is 1. The van der Waals surface area contributed by atoms with E-state index in [4.69, 9.17) is 4.74 Å². The van der Waals surface area contributed by atoms with Crippen LogP contribution in [-0.2, 0) is 4.74 Å². The molecule has 0 aliphatic carbocycles. The van der Waals surface area contributed by atoms with E-state index in [1.807, 2.05) is 0 Å². The predicted octanol–water partition coefficient (Wildman–Crippen LogP) is 0.696. The zero-order chi connectivity index (χ0) is 6.32. The maximum atomic E-state index is 5.14. The standard InChI is InChI=1S/C6H11NOS/c9-7-3-1-2-6(7)4-8-5-6/h9H,1-5H2. The van der Waals surface area contributed by atoms with E-state index in [9.17, 15) is 0 Å². The van der Waals surface area contributed by atoms with E-state index in [1.165, 1.54) is 12.8 Å². The van der Waals surface area contributed by atoms with Gasteiger partial charge in [-0.3, -0.25) is 0 Å². The van der Waals surface area contributed by atoms with Crippen LogP contribution in [-0.4, -0.2) is 29.6 Å². The highest BCUT2D eigenvalue weighted by Gasteiger charge is 2.45. The molecule has 2 heterocycles. The first-order valence-electron chi connectivity index (χ1n) is 3.38. The molecule has 0 saturated carbocycles. The molecule has 2 rings (SSSR count). The van der Waals surface area contributed by atoms with Crippen LogP contribution >= 0.6 is 12.8 Å². The summed E-state index contributed by atoms with van der Waals surface area (Å²) in [5.41, 5.74) is 0.350. The van der Waals surface area contributed by atoms with Crippen molar-refractivity contribution in [2.45, 2.75) is 18.4 Å². The van der Waals surface area contributed by atoms with Crippen LogP contribution in [0.25, 0.3) is 0 Å². The molecular formula is C6H11NOS. The van der Waals surface area contributed by atoms with Crippen molar-refractivity contribution in [2.75, 3.05) is 19.8 Å². The summed E-state index contributed by atoms with van der Waals surface area (Å²) in [6.45, 7) is 2.93. The van der Waals surface area contributed by atoms with Crippen molar-refractivity contribution in [3.8, 4) is 0 Å². The van der Waals surface area contributed by atoms with E-state index in [0.717, 1.165) is 19.8 Å². The van der Waals surface area contributed by atoms with Crippen LogP contribution in [0.4, 0.5) is 0 Å². The van der Waals surface area contributed by atoms with Gasteiger partial charge in [0.05, 0.1) is 18.8 Å². The average molecular weight is 145 g/mol. The van der Waals surface area contributed by atoms with Crippen molar-refractivity contribution in [3.05, 3.63) is 0 Å². The zero-order valence-electron chi connectivity index (χ0n) is 5.34. The summed E-state index contributed by atoms with van der Waals surface area (Å²) in [6.07, 6.45) is 2.56. The van der Waals surface area contributed by atoms with Crippen LogP contribution in [0.3, 0.4) is 0 Å². The lowest BCUT2D eigenvalue weighted by Gasteiger charge is -2.42. The largest absolute Gasteiger partial charge is 0.377 e. The fourth-order valence-electron chi connectivity index (χ4n) is 1.56. The number of thiol groups is 1. The van der Waals surface area contributed by atoms with E-state index >= 15 is 0 Å². The van der Waals surface area contributed by atoms with Crippen molar-refractivity contribution in [1.82, 2.24) is 4.31 Å². The summed E-state index contributed by atoms with van der Waals surface area (Å²) < 4.78 is 7.28. The highest BCUT2D eigenvalue weighted by Crippen LogP contribution is 2.36. The quantitative estimate of drug-likeness (QED) is 0.504. The molecule has 2 saturated heterocycles. The lowest BCUT2D eigenvalue weighted by Crippen LogP contribution is -2.55. The molecule has 0 N–H and O–H groups in total. The van der Waals surface area contributed by atoms with Gasteiger partial charge >= 0.3 is 0 Å². The molecule has 0 amide bonds. The van der Waals surface area contributed by atoms with Gasteiger partial charge in [0, 0.05) is 6.54 Å². The second-order valence-electron chi connectivity index (χ2n) is 2.94. The van der Waals surface area contributed by atoms with Gasteiger partial charge in [-0.2, -0.15) is 0 Å². The summed E-state index contributed by atoms with van der Waals surface area (Å²) in [5, 5.41) is 0. The number of hydrogen-bond acceptors (Lipinski definition) is 3. The van der Waals surface area contributed by atoms with Crippen LogP contribution in [0, 0.1) is 0 Å². The van der Waals surface area contributed by atoms with Crippen molar-refractivity contribution in [3.63, 3.8) is 0 Å². The van der Waals surface area contributed by atoms with Crippen molar-refractivity contribution in [2.24, 2.45) is 0 Å². The topological polar surface area (TPSA) is 12.5 Å². The van der Waals surface area contributed by atoms with Crippen LogP contribution in [0.2, 0.25) is 0 Å². The number of rotatable bonds is 0. The van der Waals surface area contributed by atoms with E-state index in [-0.39, 0.29) is 0 Å². The van der Waals surface area contributed by atoms with Gasteiger partial charge in [0.15, 0.2) is 0 Å². The molecule has 0 aromatic carbocycles. The Kier molecular flexibility index (Phi) is 1.25. The van der Waals surface area contributed by atoms with Crippen molar-refractivity contribution >= 4 is 12.8 Å².